The molecule has 1 aromatic heterocycles. The Hall–Kier alpha value is -1.85. The molecular formula is C14H23N5O. The topological polar surface area (TPSA) is 70.2 Å². The lowest BCUT2D eigenvalue weighted by atomic mass is 9.96. The van der Waals surface area contributed by atoms with Crippen LogP contribution in [0.2, 0.25) is 0 Å². The van der Waals surface area contributed by atoms with Crippen molar-refractivity contribution in [1.82, 2.24) is 15.3 Å². The highest BCUT2D eigenvalue weighted by atomic mass is 16.1. The van der Waals surface area contributed by atoms with Crippen molar-refractivity contribution in [2.75, 3.05) is 37.4 Å². The van der Waals surface area contributed by atoms with Gasteiger partial charge in [-0.25, -0.2) is 9.97 Å². The standard InChI is InChI=1S/C14H23N5O/c1-4-11-12(15-2)17-9-18-13(11)19-7-5-6-10(8-19)14(20)16-3/h9-10H,4-8H2,1-3H3,(H,16,20)(H,15,17,18). The molecule has 2 N–H and O–H groups in total. The molecule has 0 saturated carbocycles. The molecular weight excluding hydrogens is 254 g/mol. The van der Waals surface area contributed by atoms with Gasteiger partial charge in [-0.15, -0.1) is 0 Å². The lowest BCUT2D eigenvalue weighted by Crippen LogP contribution is -2.43. The first kappa shape index (κ1) is 14.6. The zero-order valence-corrected chi connectivity index (χ0v) is 12.4. The number of anilines is 2. The molecule has 0 spiro atoms. The van der Waals surface area contributed by atoms with Crippen molar-refractivity contribution in [3.05, 3.63) is 11.9 Å². The van der Waals surface area contributed by atoms with E-state index in [-0.39, 0.29) is 11.8 Å². The van der Waals surface area contributed by atoms with Crippen LogP contribution in [-0.4, -0.2) is 43.1 Å². The minimum Gasteiger partial charge on any atom is -0.373 e. The number of piperidine rings is 1. The van der Waals surface area contributed by atoms with E-state index in [1.165, 1.54) is 0 Å². The molecule has 2 heterocycles. The molecule has 6 nitrogen and oxygen atoms in total. The Morgan fingerprint density at radius 1 is 1.45 bits per heavy atom. The molecule has 1 aliphatic heterocycles. The van der Waals surface area contributed by atoms with Crippen molar-refractivity contribution in [3.8, 4) is 0 Å². The smallest absolute Gasteiger partial charge is 0.224 e. The fraction of sp³-hybridized carbons (Fsp3) is 0.643. The third-order valence-corrected chi connectivity index (χ3v) is 3.85. The molecule has 1 aromatic rings. The number of hydrogen-bond donors (Lipinski definition) is 2. The highest BCUT2D eigenvalue weighted by Crippen LogP contribution is 2.28. The molecule has 2 rings (SSSR count). The van der Waals surface area contributed by atoms with E-state index in [1.54, 1.807) is 13.4 Å². The Bertz CT molecular complexity index is 477. The summed E-state index contributed by atoms with van der Waals surface area (Å²) in [5.74, 6) is 2.00. The van der Waals surface area contributed by atoms with Gasteiger partial charge >= 0.3 is 0 Å². The molecule has 0 aromatic carbocycles. The lowest BCUT2D eigenvalue weighted by molar-refractivity contribution is -0.124. The van der Waals surface area contributed by atoms with Crippen LogP contribution in [0.4, 0.5) is 11.6 Å². The van der Waals surface area contributed by atoms with Gasteiger partial charge < -0.3 is 15.5 Å². The third-order valence-electron chi connectivity index (χ3n) is 3.85. The van der Waals surface area contributed by atoms with E-state index in [0.29, 0.717) is 0 Å². The highest BCUT2D eigenvalue weighted by Gasteiger charge is 2.27. The number of carbonyl (C=O) groups excluding carboxylic acids is 1. The number of hydrogen-bond acceptors (Lipinski definition) is 5. The Labute approximate surface area is 120 Å². The van der Waals surface area contributed by atoms with Crippen molar-refractivity contribution in [1.29, 1.82) is 0 Å². The molecule has 1 unspecified atom stereocenters. The predicted molar refractivity (Wildman–Crippen MR) is 80.0 cm³/mol. The Morgan fingerprint density at radius 2 is 2.25 bits per heavy atom. The molecule has 1 atom stereocenters. The number of rotatable bonds is 4. The molecule has 1 fully saturated rings. The van der Waals surface area contributed by atoms with Gasteiger partial charge in [0.25, 0.3) is 0 Å². The van der Waals surface area contributed by atoms with Crippen molar-refractivity contribution in [3.63, 3.8) is 0 Å². The van der Waals surface area contributed by atoms with Gasteiger partial charge in [0, 0.05) is 32.7 Å². The second-order valence-corrected chi connectivity index (χ2v) is 5.03. The van der Waals surface area contributed by atoms with E-state index >= 15 is 0 Å². The van der Waals surface area contributed by atoms with Crippen LogP contribution in [0.3, 0.4) is 0 Å². The maximum Gasteiger partial charge on any atom is 0.224 e. The number of nitrogens with zero attached hydrogens (tertiary/aromatic N) is 3. The molecule has 1 aliphatic rings. The van der Waals surface area contributed by atoms with Crippen molar-refractivity contribution >= 4 is 17.5 Å². The minimum absolute atomic E-state index is 0.0476. The summed E-state index contributed by atoms with van der Waals surface area (Å²) >= 11 is 0. The Morgan fingerprint density at radius 3 is 2.90 bits per heavy atom. The summed E-state index contributed by atoms with van der Waals surface area (Å²) in [5, 5.41) is 5.86. The van der Waals surface area contributed by atoms with Gasteiger partial charge in [-0.3, -0.25) is 4.79 Å². The summed E-state index contributed by atoms with van der Waals surface area (Å²) in [4.78, 5) is 22.8. The molecule has 0 aliphatic carbocycles. The van der Waals surface area contributed by atoms with E-state index in [0.717, 1.165) is 49.6 Å². The molecule has 1 saturated heterocycles. The number of nitrogens with one attached hydrogen (secondary N) is 2. The number of carbonyl (C=O) groups is 1. The monoisotopic (exact) mass is 277 g/mol. The van der Waals surface area contributed by atoms with Crippen molar-refractivity contribution in [2.24, 2.45) is 5.92 Å². The highest BCUT2D eigenvalue weighted by molar-refractivity contribution is 5.79. The average Bonchev–Trinajstić information content (AvgIpc) is 2.53. The predicted octanol–water partition coefficient (Wildman–Crippen LogP) is 1.04. The second kappa shape index (κ2) is 6.54. The van der Waals surface area contributed by atoms with E-state index in [9.17, 15) is 4.79 Å². The van der Waals surface area contributed by atoms with Crippen LogP contribution >= 0.6 is 0 Å². The first-order valence-electron chi connectivity index (χ1n) is 7.19. The van der Waals surface area contributed by atoms with Gasteiger partial charge in [-0.05, 0) is 19.3 Å². The zero-order chi connectivity index (χ0) is 14.5. The summed E-state index contributed by atoms with van der Waals surface area (Å²) in [6.07, 6.45) is 4.42. The Kier molecular flexibility index (Phi) is 4.76. The first-order valence-corrected chi connectivity index (χ1v) is 7.19. The summed E-state index contributed by atoms with van der Waals surface area (Å²) in [6.45, 7) is 3.77. The second-order valence-electron chi connectivity index (χ2n) is 5.03. The fourth-order valence-electron chi connectivity index (χ4n) is 2.80. The van der Waals surface area contributed by atoms with Crippen molar-refractivity contribution < 1.29 is 4.79 Å². The van der Waals surface area contributed by atoms with E-state index in [1.807, 2.05) is 7.05 Å². The number of aromatic nitrogens is 2. The van der Waals surface area contributed by atoms with Gasteiger partial charge in [0.05, 0.1) is 5.92 Å². The molecule has 0 bridgehead atoms. The number of amides is 1. The van der Waals surface area contributed by atoms with Crippen LogP contribution in [0, 0.1) is 5.92 Å². The van der Waals surface area contributed by atoms with E-state index in [4.69, 9.17) is 0 Å². The van der Waals surface area contributed by atoms with Gasteiger partial charge in [-0.2, -0.15) is 0 Å². The summed E-state index contributed by atoms with van der Waals surface area (Å²) in [5.41, 5.74) is 1.12. The van der Waals surface area contributed by atoms with Crippen LogP contribution in [-0.2, 0) is 11.2 Å². The minimum atomic E-state index is 0.0476. The first-order chi connectivity index (χ1) is 9.71. The molecule has 6 heteroatoms. The lowest BCUT2D eigenvalue weighted by Gasteiger charge is -2.33. The third kappa shape index (κ3) is 2.84. The fourth-order valence-corrected chi connectivity index (χ4v) is 2.80. The van der Waals surface area contributed by atoms with Gasteiger partial charge in [0.2, 0.25) is 5.91 Å². The summed E-state index contributed by atoms with van der Waals surface area (Å²) in [6, 6.07) is 0. The van der Waals surface area contributed by atoms with Crippen LogP contribution < -0.4 is 15.5 Å². The maximum atomic E-state index is 11.8. The normalized spacial score (nSPS) is 18.8. The van der Waals surface area contributed by atoms with Gasteiger partial charge in [0.1, 0.15) is 18.0 Å². The quantitative estimate of drug-likeness (QED) is 0.860. The van der Waals surface area contributed by atoms with Crippen LogP contribution in [0.1, 0.15) is 25.3 Å². The molecule has 1 amide bonds. The van der Waals surface area contributed by atoms with Crippen molar-refractivity contribution in [2.45, 2.75) is 26.2 Å². The van der Waals surface area contributed by atoms with Gasteiger partial charge in [0.15, 0.2) is 0 Å². The summed E-state index contributed by atoms with van der Waals surface area (Å²) < 4.78 is 0. The Balaban J connectivity index is 2.24. The van der Waals surface area contributed by atoms with E-state index in [2.05, 4.69) is 32.4 Å². The molecule has 0 radical (unpaired) electrons. The van der Waals surface area contributed by atoms with E-state index < -0.39 is 0 Å². The maximum absolute atomic E-state index is 11.8. The zero-order valence-electron chi connectivity index (χ0n) is 12.4. The van der Waals surface area contributed by atoms with Crippen LogP contribution in [0.25, 0.3) is 0 Å². The molecule has 20 heavy (non-hydrogen) atoms. The SMILES string of the molecule is CCc1c(NC)ncnc1N1CCCC(C(=O)NC)C1. The molecule has 110 valence electrons. The largest absolute Gasteiger partial charge is 0.373 e. The summed E-state index contributed by atoms with van der Waals surface area (Å²) in [7, 11) is 3.57. The van der Waals surface area contributed by atoms with Crippen LogP contribution in [0.15, 0.2) is 6.33 Å². The van der Waals surface area contributed by atoms with Gasteiger partial charge in [-0.1, -0.05) is 6.92 Å². The van der Waals surface area contributed by atoms with Crippen LogP contribution in [0.5, 0.6) is 0 Å². The average molecular weight is 277 g/mol.